The molecule has 29 nitrogen and oxygen atoms in total. The number of Topliss-reactive ketones (excluding diaryl/α,β-unsaturated/α-hetero) is 1. The van der Waals surface area contributed by atoms with E-state index in [1.165, 1.54) is 28.2 Å². The van der Waals surface area contributed by atoms with Crippen LogP contribution < -0.4 is 45.0 Å². The van der Waals surface area contributed by atoms with Gasteiger partial charge in [0, 0.05) is 123 Å². The summed E-state index contributed by atoms with van der Waals surface area (Å²) in [6.45, 7) is -5.97. The minimum Gasteiger partial charge on any atom is -0.397 e. The highest BCUT2D eigenvalue weighted by Gasteiger charge is 2.18. The number of aliphatic hydroxyl groups excluding tert-OH is 1. The van der Waals surface area contributed by atoms with E-state index in [2.05, 4.69) is 25.0 Å². The zero-order chi connectivity index (χ0) is 86.3. The maximum atomic E-state index is 12.7. The molecule has 0 fully saturated rings. The Morgan fingerprint density at radius 2 is 0.723 bits per heavy atom. The first-order chi connectivity index (χ1) is 50.0. The third-order valence-electron chi connectivity index (χ3n) is 11.6. The van der Waals surface area contributed by atoms with E-state index < -0.39 is 170 Å². The van der Waals surface area contributed by atoms with Crippen molar-refractivity contribution in [3.63, 3.8) is 0 Å². The summed E-state index contributed by atoms with van der Waals surface area (Å²) in [6, 6.07) is 0. The minimum atomic E-state index is -2.85. The normalized spacial score (nSPS) is 19.7. The Kier molecular flexibility index (Phi) is 13.7. The highest BCUT2D eigenvalue weighted by atomic mass is 16.3. The Morgan fingerprint density at radius 3 is 0.916 bits per heavy atom. The van der Waals surface area contributed by atoms with Crippen molar-refractivity contribution in [2.75, 3.05) is 6.61 Å². The number of fused-ring (bicyclic) bond motifs is 4. The van der Waals surface area contributed by atoms with Gasteiger partial charge in [0.25, 0.3) is 22.2 Å². The lowest BCUT2D eigenvalue weighted by molar-refractivity contribution is -0.117. The Balaban J connectivity index is 0.000000307. The van der Waals surface area contributed by atoms with Gasteiger partial charge >= 0.3 is 22.8 Å². The molecule has 8 rings (SSSR count). The molecule has 0 aliphatic carbocycles. The van der Waals surface area contributed by atoms with Crippen molar-refractivity contribution in [3.05, 3.63) is 109 Å². The maximum Gasteiger partial charge on any atom is 0.332 e. The summed E-state index contributed by atoms with van der Waals surface area (Å²) in [5.41, 5.74) is -9.46. The molecule has 0 aliphatic heterocycles. The number of hydrogen-bond acceptors (Lipinski definition) is 17. The first-order valence-electron chi connectivity index (χ1n) is 38.9. The Bertz CT molecular complexity index is 4870. The fraction of sp³-hybridized carbons (Fsp3) is 0.611. The second kappa shape index (κ2) is 31.0. The van der Waals surface area contributed by atoms with Crippen LogP contribution in [-0.2, 0) is 87.1 Å². The average molecular weight is 1190 g/mol. The fourth-order valence-electron chi connectivity index (χ4n) is 7.66. The molecule has 0 bridgehead atoms. The lowest BCUT2D eigenvalue weighted by Gasteiger charge is -2.09. The molecule has 29 heteroatoms. The number of carbonyl (C=O) groups excluding carboxylic acids is 1. The van der Waals surface area contributed by atoms with Crippen molar-refractivity contribution in [1.82, 2.24) is 74.7 Å². The van der Waals surface area contributed by atoms with Crippen LogP contribution in [0.2, 0.25) is 0 Å². The smallest absolute Gasteiger partial charge is 0.332 e. The van der Waals surface area contributed by atoms with E-state index in [0.29, 0.717) is 24.9 Å². The summed E-state index contributed by atoms with van der Waals surface area (Å²) >= 11 is 0. The molecule has 0 amide bonds. The molecule has 0 saturated carbocycles. The Hall–Kier alpha value is -7.89. The molecule has 8 aromatic heterocycles. The van der Waals surface area contributed by atoms with Crippen molar-refractivity contribution in [1.29, 1.82) is 1.43 Å². The second-order valence-electron chi connectivity index (χ2n) is 17.8. The average Bonchev–Trinajstić information content (AvgIpc) is 1.62. The van der Waals surface area contributed by atoms with Crippen LogP contribution in [0.25, 0.3) is 44.7 Å². The van der Waals surface area contributed by atoms with E-state index in [1.54, 1.807) is 6.92 Å². The SMILES string of the molecule is [2H]OCC.[2H]c1nc2c(c(=O)n(CCCC([2H])([2H])C(C)=O)c(=O)n2C)n1C([2H])([2H])[2H].[2H]c1nc2c(c(=O)n(CCCC([2H])([2H])C([2H])(C)O)c(=O)n2C)n1C([2H])([2H])[2H].[2H]c1nc2c(c(=O)n(CCCC([2H])([2H])[C@@]([2H])(C)O)c(=O)n2C)n1C([2H])([2H])[2H].[2H]c1nc2c(c(=O)n(CCCC([2H])([2H])[C@]([2H])(C)O)c(=O)n2C)n1C([2H])([2H])[2H]. The number of imidazole rings is 4. The Morgan fingerprint density at radius 1 is 0.494 bits per heavy atom. The number of hydrogen-bond donors (Lipinski definition) is 4. The number of ketones is 1. The van der Waals surface area contributed by atoms with Gasteiger partial charge in [-0.3, -0.25) is 55.7 Å². The second-order valence-corrected chi connectivity index (χ2v) is 17.8. The van der Waals surface area contributed by atoms with Crippen LogP contribution in [-0.4, -0.2) is 127 Å². The number of nitrogens with zero attached hydrogens (tertiary/aromatic N) is 16. The van der Waals surface area contributed by atoms with Gasteiger partial charge in [-0.2, -0.15) is 0 Å². The summed E-state index contributed by atoms with van der Waals surface area (Å²) in [5, 5.41) is 32.4. The van der Waals surface area contributed by atoms with Crippen molar-refractivity contribution in [3.8, 4) is 0 Å². The van der Waals surface area contributed by atoms with E-state index in [1.807, 2.05) is 0 Å². The molecule has 0 saturated heterocycles. The highest BCUT2D eigenvalue weighted by molar-refractivity contribution is 5.75. The van der Waals surface area contributed by atoms with Crippen LogP contribution in [0.15, 0.2) is 63.6 Å². The van der Waals surface area contributed by atoms with Gasteiger partial charge in [0.2, 0.25) is 1.43 Å². The van der Waals surface area contributed by atoms with Gasteiger partial charge in [0.05, 0.1) is 47.6 Å². The molecule has 83 heavy (non-hydrogen) atoms. The maximum absolute atomic E-state index is 12.7. The van der Waals surface area contributed by atoms with E-state index in [9.17, 15) is 58.5 Å². The summed E-state index contributed by atoms with van der Waals surface area (Å²) in [6.07, 6.45) is -20.0. The largest absolute Gasteiger partial charge is 0.397 e. The molecular weight excluding hydrogens is 1080 g/mol. The van der Waals surface area contributed by atoms with Crippen molar-refractivity contribution in [2.24, 2.45) is 56.1 Å². The number of rotatable bonds is 21. The molecule has 3 atom stereocenters. The molecule has 4 N–H and O–H groups in total. The van der Waals surface area contributed by atoms with Crippen LogP contribution in [0.1, 0.15) is 148 Å². The fourth-order valence-corrected chi connectivity index (χ4v) is 7.66. The Labute approximate surface area is 516 Å². The van der Waals surface area contributed by atoms with Gasteiger partial charge in [-0.1, -0.05) is 0 Å². The molecule has 0 aromatic carbocycles. The topological polar surface area (TPSA) is 345 Å². The molecule has 0 aliphatic rings. The minimum absolute atomic E-state index is 0.0167. The number of aromatic nitrogens is 16. The molecule has 0 spiro atoms. The number of aryl methyl sites for hydroxylation is 8. The lowest BCUT2D eigenvalue weighted by atomic mass is 10.2. The predicted octanol–water partition coefficient (Wildman–Crippen LogP) is 0.146. The van der Waals surface area contributed by atoms with Gasteiger partial charge in [0.15, 0.2) is 44.7 Å². The summed E-state index contributed by atoms with van der Waals surface area (Å²) in [7, 11) is 5.14. The molecule has 0 radical (unpaired) electrons. The van der Waals surface area contributed by atoms with E-state index in [0.717, 1.165) is 64.2 Å². The molecule has 8 heterocycles. The van der Waals surface area contributed by atoms with Crippen LogP contribution in [0.3, 0.4) is 0 Å². The van der Waals surface area contributed by atoms with Gasteiger partial charge in [0.1, 0.15) is 11.3 Å². The van der Waals surface area contributed by atoms with Gasteiger partial charge in [-0.05, 0) is 105 Å². The third kappa shape index (κ3) is 16.7. The molecule has 8 aromatic rings. The lowest BCUT2D eigenvalue weighted by Crippen LogP contribution is -2.39. The number of carbonyl (C=O) groups is 1. The third-order valence-corrected chi connectivity index (χ3v) is 11.6. The van der Waals surface area contributed by atoms with Crippen molar-refractivity contribution in [2.45, 2.75) is 156 Å². The van der Waals surface area contributed by atoms with Gasteiger partial charge < -0.3 is 43.5 Å². The zero-order valence-corrected chi connectivity index (χ0v) is 46.8. The van der Waals surface area contributed by atoms with Crippen LogP contribution in [0.5, 0.6) is 0 Å². The van der Waals surface area contributed by atoms with Crippen molar-refractivity contribution < 1.29 is 62.2 Å². The first-order valence-corrected chi connectivity index (χ1v) is 25.0. The van der Waals surface area contributed by atoms with Crippen molar-refractivity contribution >= 4 is 50.4 Å². The summed E-state index contributed by atoms with van der Waals surface area (Å²) in [4.78, 5) is 126. The zero-order valence-electron chi connectivity index (χ0n) is 74.8. The van der Waals surface area contributed by atoms with Gasteiger partial charge in [-0.15, -0.1) is 0 Å². The molecular formula is C54H84N16O13. The predicted molar refractivity (Wildman–Crippen MR) is 315 cm³/mol. The molecule has 458 valence electrons. The van der Waals surface area contributed by atoms with E-state index in [-0.39, 0.29) is 100 Å². The quantitative estimate of drug-likeness (QED) is 0.0744. The first kappa shape index (κ1) is 36.6. The van der Waals surface area contributed by atoms with E-state index in [4.69, 9.17) is 38.4 Å². The standard InChI is InChI=1S/3C13H20N4O3.C13H18N4O3.C2H6O/c4*1-9(18)6-4-5-7-17-12(19)10-11(14-8-15(10)2)16(3)13(17)20;1-2-3/h3*8-9,18H,4-7H2,1-3H3;8H,4-7H2,1-3H3;3H,2H2,1H3/t2*9-;;;/m10.../s1/i3*2D3,6D2,8D,9D;2D3,6D2,8D;3D. The van der Waals surface area contributed by atoms with Gasteiger partial charge in [-0.25, -0.2) is 39.1 Å². The van der Waals surface area contributed by atoms with Crippen LogP contribution in [0.4, 0.5) is 0 Å². The van der Waals surface area contributed by atoms with Crippen LogP contribution >= 0.6 is 0 Å². The highest BCUT2D eigenvalue weighted by Crippen LogP contribution is 2.09. The monoisotopic (exact) mass is 1190 g/mol. The summed E-state index contributed by atoms with van der Waals surface area (Å²) in [5.74, 6) is -0.660. The van der Waals surface area contributed by atoms with Crippen LogP contribution in [0, 0.1) is 0 Å². The summed E-state index contributed by atoms with van der Waals surface area (Å²) < 4.78 is 219. The number of aliphatic hydroxyl groups is 4. The molecule has 1 unspecified atom stereocenters. The van der Waals surface area contributed by atoms with E-state index >= 15 is 0 Å².